The Bertz CT molecular complexity index is 446. The summed E-state index contributed by atoms with van der Waals surface area (Å²) in [5.74, 6) is 0.182. The fourth-order valence-electron chi connectivity index (χ4n) is 1.53. The number of benzene rings is 1. The summed E-state index contributed by atoms with van der Waals surface area (Å²) >= 11 is 0. The SMILES string of the molecule is C/C=C/C=C/C(=O)N(C)C(C)c1ccc(O)cc1. The Morgan fingerprint density at radius 1 is 1.28 bits per heavy atom. The summed E-state index contributed by atoms with van der Waals surface area (Å²) in [5.41, 5.74) is 0.989. The Kier molecular flexibility index (Phi) is 5.18. The molecule has 1 rings (SSSR count). The van der Waals surface area contributed by atoms with E-state index in [2.05, 4.69) is 0 Å². The minimum atomic E-state index is -0.0475. The average Bonchev–Trinajstić information content (AvgIpc) is 2.38. The lowest BCUT2D eigenvalue weighted by Crippen LogP contribution is -2.27. The second-order valence-corrected chi connectivity index (χ2v) is 4.10. The normalized spacial score (nSPS) is 13.1. The third kappa shape index (κ3) is 3.77. The molecular formula is C15H19NO2. The van der Waals surface area contributed by atoms with Gasteiger partial charge in [-0.15, -0.1) is 0 Å². The van der Waals surface area contributed by atoms with Crippen LogP contribution in [0.4, 0.5) is 0 Å². The summed E-state index contributed by atoms with van der Waals surface area (Å²) < 4.78 is 0. The fraction of sp³-hybridized carbons (Fsp3) is 0.267. The highest BCUT2D eigenvalue weighted by Gasteiger charge is 2.14. The number of nitrogens with zero attached hydrogens (tertiary/aromatic N) is 1. The summed E-state index contributed by atoms with van der Waals surface area (Å²) in [6.07, 6.45) is 6.95. The number of carbonyl (C=O) groups is 1. The lowest BCUT2D eigenvalue weighted by Gasteiger charge is -2.24. The maximum absolute atomic E-state index is 11.9. The molecule has 18 heavy (non-hydrogen) atoms. The maximum atomic E-state index is 11.9. The number of allylic oxidation sites excluding steroid dienone is 3. The van der Waals surface area contributed by atoms with E-state index in [-0.39, 0.29) is 17.7 Å². The standard InChI is InChI=1S/C15H19NO2/c1-4-5-6-7-15(18)16(3)12(2)13-8-10-14(17)11-9-13/h4-12,17H,1-3H3/b5-4+,7-6+. The van der Waals surface area contributed by atoms with Crippen molar-refractivity contribution >= 4 is 5.91 Å². The van der Waals surface area contributed by atoms with Crippen LogP contribution in [-0.2, 0) is 4.79 Å². The highest BCUT2D eigenvalue weighted by atomic mass is 16.3. The number of hydrogen-bond acceptors (Lipinski definition) is 2. The molecule has 3 nitrogen and oxygen atoms in total. The lowest BCUT2D eigenvalue weighted by atomic mass is 10.1. The number of phenols is 1. The van der Waals surface area contributed by atoms with E-state index in [1.54, 1.807) is 30.2 Å². The molecular weight excluding hydrogens is 226 g/mol. The Hall–Kier alpha value is -2.03. The van der Waals surface area contributed by atoms with Crippen LogP contribution in [0.5, 0.6) is 5.75 Å². The van der Waals surface area contributed by atoms with E-state index in [0.29, 0.717) is 0 Å². The quantitative estimate of drug-likeness (QED) is 0.654. The van der Waals surface area contributed by atoms with Gasteiger partial charge in [0, 0.05) is 13.1 Å². The topological polar surface area (TPSA) is 40.5 Å². The smallest absolute Gasteiger partial charge is 0.246 e. The van der Waals surface area contributed by atoms with Crippen LogP contribution in [0.3, 0.4) is 0 Å². The van der Waals surface area contributed by atoms with Gasteiger partial charge in [-0.05, 0) is 31.5 Å². The van der Waals surface area contributed by atoms with Crippen LogP contribution in [-0.4, -0.2) is 23.0 Å². The van der Waals surface area contributed by atoms with Gasteiger partial charge in [0.2, 0.25) is 5.91 Å². The first-order valence-corrected chi connectivity index (χ1v) is 5.91. The number of phenolic OH excluding ortho intramolecular Hbond substituents is 1. The molecule has 0 aliphatic heterocycles. The van der Waals surface area contributed by atoms with Crippen LogP contribution in [0.1, 0.15) is 25.5 Å². The zero-order chi connectivity index (χ0) is 13.5. The molecule has 0 bridgehead atoms. The van der Waals surface area contributed by atoms with Gasteiger partial charge in [-0.3, -0.25) is 4.79 Å². The number of hydrogen-bond donors (Lipinski definition) is 1. The van der Waals surface area contributed by atoms with Crippen molar-refractivity contribution < 1.29 is 9.90 Å². The molecule has 1 unspecified atom stereocenters. The van der Waals surface area contributed by atoms with Crippen molar-refractivity contribution in [2.75, 3.05) is 7.05 Å². The predicted octanol–water partition coefficient (Wildman–Crippen LogP) is 3.04. The second kappa shape index (κ2) is 6.64. The number of aromatic hydroxyl groups is 1. The van der Waals surface area contributed by atoms with Gasteiger partial charge in [-0.2, -0.15) is 0 Å². The fourth-order valence-corrected chi connectivity index (χ4v) is 1.53. The van der Waals surface area contributed by atoms with Crippen molar-refractivity contribution in [1.29, 1.82) is 0 Å². The van der Waals surface area contributed by atoms with Crippen molar-refractivity contribution in [2.24, 2.45) is 0 Å². The third-order valence-electron chi connectivity index (χ3n) is 2.85. The van der Waals surface area contributed by atoms with Crippen molar-refractivity contribution in [3.8, 4) is 5.75 Å². The minimum Gasteiger partial charge on any atom is -0.508 e. The van der Waals surface area contributed by atoms with Gasteiger partial charge in [-0.25, -0.2) is 0 Å². The molecule has 0 saturated heterocycles. The summed E-state index contributed by atoms with van der Waals surface area (Å²) in [6.45, 7) is 3.85. The van der Waals surface area contributed by atoms with Crippen LogP contribution in [0.2, 0.25) is 0 Å². The van der Waals surface area contributed by atoms with Gasteiger partial charge in [0.1, 0.15) is 5.75 Å². The zero-order valence-corrected chi connectivity index (χ0v) is 11.0. The number of likely N-dealkylation sites (N-methyl/N-ethyl adjacent to an activating group) is 1. The molecule has 1 N–H and O–H groups in total. The molecule has 0 spiro atoms. The van der Waals surface area contributed by atoms with Crippen molar-refractivity contribution in [1.82, 2.24) is 4.90 Å². The molecule has 0 aliphatic rings. The van der Waals surface area contributed by atoms with Crippen LogP contribution in [0, 0.1) is 0 Å². The lowest BCUT2D eigenvalue weighted by molar-refractivity contribution is -0.126. The summed E-state index contributed by atoms with van der Waals surface area (Å²) in [4.78, 5) is 13.5. The molecule has 0 radical (unpaired) electrons. The Morgan fingerprint density at radius 2 is 1.89 bits per heavy atom. The van der Waals surface area contributed by atoms with Gasteiger partial charge in [0.25, 0.3) is 0 Å². The average molecular weight is 245 g/mol. The molecule has 96 valence electrons. The monoisotopic (exact) mass is 245 g/mol. The second-order valence-electron chi connectivity index (χ2n) is 4.10. The van der Waals surface area contributed by atoms with Crippen molar-refractivity contribution in [3.63, 3.8) is 0 Å². The van der Waals surface area contributed by atoms with E-state index in [1.807, 2.05) is 38.1 Å². The molecule has 0 aliphatic carbocycles. The van der Waals surface area contributed by atoms with E-state index in [0.717, 1.165) is 5.56 Å². The van der Waals surface area contributed by atoms with E-state index in [4.69, 9.17) is 0 Å². The van der Waals surface area contributed by atoms with Crippen LogP contribution in [0.15, 0.2) is 48.6 Å². The van der Waals surface area contributed by atoms with Gasteiger partial charge >= 0.3 is 0 Å². The molecule has 1 aromatic rings. The van der Waals surface area contributed by atoms with Gasteiger partial charge < -0.3 is 10.0 Å². The van der Waals surface area contributed by atoms with Crippen molar-refractivity contribution in [2.45, 2.75) is 19.9 Å². The molecule has 1 aromatic carbocycles. The largest absolute Gasteiger partial charge is 0.508 e. The Balaban J connectivity index is 2.74. The summed E-state index contributed by atoms with van der Waals surface area (Å²) in [7, 11) is 1.76. The highest BCUT2D eigenvalue weighted by molar-refractivity contribution is 5.88. The van der Waals surface area contributed by atoms with Crippen LogP contribution in [0.25, 0.3) is 0 Å². The molecule has 1 amide bonds. The molecule has 0 aromatic heterocycles. The van der Waals surface area contributed by atoms with Gasteiger partial charge in [-0.1, -0.05) is 30.4 Å². The first kappa shape index (κ1) is 14.0. The number of rotatable bonds is 4. The number of carbonyl (C=O) groups excluding carboxylic acids is 1. The van der Waals surface area contributed by atoms with Gasteiger partial charge in [0.15, 0.2) is 0 Å². The first-order chi connectivity index (χ1) is 8.56. The van der Waals surface area contributed by atoms with Crippen LogP contribution < -0.4 is 0 Å². The van der Waals surface area contributed by atoms with E-state index < -0.39 is 0 Å². The van der Waals surface area contributed by atoms with Gasteiger partial charge in [0.05, 0.1) is 6.04 Å². The predicted molar refractivity (Wildman–Crippen MR) is 73.2 cm³/mol. The van der Waals surface area contributed by atoms with E-state index in [9.17, 15) is 9.90 Å². The molecule has 0 heterocycles. The molecule has 3 heteroatoms. The molecule has 0 fully saturated rings. The summed E-state index contributed by atoms with van der Waals surface area (Å²) in [6, 6.07) is 6.85. The Morgan fingerprint density at radius 3 is 2.44 bits per heavy atom. The Labute approximate surface area is 108 Å². The van der Waals surface area contributed by atoms with Crippen LogP contribution >= 0.6 is 0 Å². The minimum absolute atomic E-state index is 0.0339. The maximum Gasteiger partial charge on any atom is 0.246 e. The summed E-state index contributed by atoms with van der Waals surface area (Å²) in [5, 5.41) is 9.23. The highest BCUT2D eigenvalue weighted by Crippen LogP contribution is 2.21. The molecule has 0 saturated carbocycles. The third-order valence-corrected chi connectivity index (χ3v) is 2.85. The zero-order valence-electron chi connectivity index (χ0n) is 11.0. The van der Waals surface area contributed by atoms with Crippen molar-refractivity contribution in [3.05, 3.63) is 54.1 Å². The van der Waals surface area contributed by atoms with E-state index >= 15 is 0 Å². The number of amides is 1. The van der Waals surface area contributed by atoms with E-state index in [1.165, 1.54) is 6.08 Å². The first-order valence-electron chi connectivity index (χ1n) is 5.91. The molecule has 1 atom stereocenters.